The predicted octanol–water partition coefficient (Wildman–Crippen LogP) is 1.37. The lowest BCUT2D eigenvalue weighted by molar-refractivity contribution is -0.387. The average molecular weight is 274 g/mol. The Balaban J connectivity index is 2.18. The zero-order valence-electron chi connectivity index (χ0n) is 10.0. The quantitative estimate of drug-likeness (QED) is 0.661. The summed E-state index contributed by atoms with van der Waals surface area (Å²) in [5.74, 6) is -2.54. The molecule has 104 valence electrons. The molecule has 1 aromatic rings. The van der Waals surface area contributed by atoms with Gasteiger partial charge in [0.2, 0.25) is 5.82 Å². The Morgan fingerprint density at radius 3 is 2.63 bits per heavy atom. The minimum atomic E-state index is -1.15. The highest BCUT2D eigenvalue weighted by Gasteiger charge is 2.41. The Morgan fingerprint density at radius 1 is 1.42 bits per heavy atom. The van der Waals surface area contributed by atoms with Crippen molar-refractivity contribution in [2.24, 2.45) is 5.73 Å². The number of nitro groups is 1. The molecule has 0 saturated heterocycles. The van der Waals surface area contributed by atoms with E-state index in [1.54, 1.807) is 0 Å². The number of benzene rings is 1. The molecular weight excluding hydrogens is 262 g/mol. The number of nitrogens with two attached hydrogens (primary N) is 1. The van der Waals surface area contributed by atoms with Crippen LogP contribution in [0.3, 0.4) is 0 Å². The molecule has 0 radical (unpaired) electrons. The van der Waals surface area contributed by atoms with Crippen LogP contribution in [-0.2, 0) is 4.74 Å². The smallest absolute Gasteiger partial charge is 0.307 e. The van der Waals surface area contributed by atoms with Crippen molar-refractivity contribution in [1.29, 1.82) is 0 Å². The van der Waals surface area contributed by atoms with Crippen LogP contribution in [0.15, 0.2) is 12.1 Å². The van der Waals surface area contributed by atoms with Gasteiger partial charge in [-0.3, -0.25) is 10.1 Å². The topological polar surface area (TPSA) is 87.6 Å². The van der Waals surface area contributed by atoms with Gasteiger partial charge in [0.15, 0.2) is 11.6 Å². The molecular formula is C11H12F2N2O4. The molecule has 1 fully saturated rings. The van der Waals surface area contributed by atoms with Crippen LogP contribution in [-0.4, -0.2) is 30.3 Å². The summed E-state index contributed by atoms with van der Waals surface area (Å²) in [6.45, 7) is 0. The van der Waals surface area contributed by atoms with Crippen LogP contribution in [0.1, 0.15) is 6.42 Å². The van der Waals surface area contributed by atoms with Crippen molar-refractivity contribution in [2.75, 3.05) is 7.11 Å². The van der Waals surface area contributed by atoms with Crippen LogP contribution >= 0.6 is 0 Å². The van der Waals surface area contributed by atoms with Crippen LogP contribution in [0, 0.1) is 21.7 Å². The Kier molecular flexibility index (Phi) is 3.63. The number of rotatable bonds is 4. The number of nitrogens with zero attached hydrogens (tertiary/aromatic N) is 1. The summed E-state index contributed by atoms with van der Waals surface area (Å²) in [6.07, 6.45) is -0.454. The minimum Gasteiger partial charge on any atom is -0.484 e. The average Bonchev–Trinajstić information content (AvgIpc) is 2.32. The Morgan fingerprint density at radius 2 is 2.11 bits per heavy atom. The monoisotopic (exact) mass is 274 g/mol. The molecule has 0 amide bonds. The Labute approximate surface area is 107 Å². The van der Waals surface area contributed by atoms with Crippen LogP contribution in [0.25, 0.3) is 0 Å². The van der Waals surface area contributed by atoms with Gasteiger partial charge in [0.25, 0.3) is 0 Å². The number of nitro benzene ring substituents is 1. The molecule has 0 aliphatic heterocycles. The van der Waals surface area contributed by atoms with Gasteiger partial charge in [-0.05, 0) is 0 Å². The second kappa shape index (κ2) is 5.06. The van der Waals surface area contributed by atoms with Crippen LogP contribution in [0.2, 0.25) is 0 Å². The van der Waals surface area contributed by atoms with Crippen molar-refractivity contribution in [1.82, 2.24) is 0 Å². The fraction of sp³-hybridized carbons (Fsp3) is 0.455. The lowest BCUT2D eigenvalue weighted by atomic mass is 9.86. The van der Waals surface area contributed by atoms with Crippen molar-refractivity contribution in [2.45, 2.75) is 24.7 Å². The third kappa shape index (κ3) is 2.49. The molecule has 1 aromatic carbocycles. The summed E-state index contributed by atoms with van der Waals surface area (Å²) in [5, 5.41) is 10.4. The summed E-state index contributed by atoms with van der Waals surface area (Å²) < 4.78 is 37.2. The van der Waals surface area contributed by atoms with E-state index in [1.165, 1.54) is 7.11 Å². The van der Waals surface area contributed by atoms with Crippen molar-refractivity contribution >= 4 is 5.69 Å². The fourth-order valence-corrected chi connectivity index (χ4v) is 1.97. The molecule has 0 heterocycles. The van der Waals surface area contributed by atoms with Crippen molar-refractivity contribution < 1.29 is 23.2 Å². The molecule has 3 unspecified atom stereocenters. The third-order valence-corrected chi connectivity index (χ3v) is 3.04. The maximum absolute atomic E-state index is 13.6. The summed E-state index contributed by atoms with van der Waals surface area (Å²) in [6, 6.07) is 0.927. The van der Waals surface area contributed by atoms with Gasteiger partial charge in [-0.15, -0.1) is 0 Å². The zero-order valence-corrected chi connectivity index (χ0v) is 10.0. The second-order valence-electron chi connectivity index (χ2n) is 4.25. The standard InChI is InChI=1S/C11H12F2N2O4/c1-18-11-7(14)4-10(11)19-9-3-5(12)8(15(16)17)2-6(9)13/h2-3,7,10-11H,4,14H2,1H3. The first kappa shape index (κ1) is 13.6. The number of hydrogen-bond donors (Lipinski definition) is 1. The molecule has 1 aliphatic rings. The summed E-state index contributed by atoms with van der Waals surface area (Å²) in [7, 11) is 1.44. The lowest BCUT2D eigenvalue weighted by Gasteiger charge is -2.40. The number of halogens is 2. The predicted molar refractivity (Wildman–Crippen MR) is 60.8 cm³/mol. The second-order valence-corrected chi connectivity index (χ2v) is 4.25. The van der Waals surface area contributed by atoms with E-state index in [0.717, 1.165) is 0 Å². The molecule has 6 nitrogen and oxygen atoms in total. The highest BCUT2D eigenvalue weighted by molar-refractivity contribution is 5.39. The first-order valence-corrected chi connectivity index (χ1v) is 5.52. The first-order valence-electron chi connectivity index (χ1n) is 5.52. The van der Waals surface area contributed by atoms with Gasteiger partial charge < -0.3 is 15.2 Å². The van der Waals surface area contributed by atoms with Gasteiger partial charge in [-0.2, -0.15) is 4.39 Å². The summed E-state index contributed by atoms with van der Waals surface area (Å²) >= 11 is 0. The highest BCUT2D eigenvalue weighted by Crippen LogP contribution is 2.31. The molecule has 19 heavy (non-hydrogen) atoms. The van der Waals surface area contributed by atoms with Gasteiger partial charge in [0, 0.05) is 25.6 Å². The molecule has 1 aliphatic carbocycles. The highest BCUT2D eigenvalue weighted by atomic mass is 19.1. The Bertz CT molecular complexity index is 512. The molecule has 2 rings (SSSR count). The molecule has 3 atom stereocenters. The van der Waals surface area contributed by atoms with Gasteiger partial charge in [-0.25, -0.2) is 4.39 Å². The fourth-order valence-electron chi connectivity index (χ4n) is 1.97. The molecule has 0 spiro atoms. The zero-order chi connectivity index (χ0) is 14.2. The molecule has 1 saturated carbocycles. The third-order valence-electron chi connectivity index (χ3n) is 3.04. The molecule has 0 aromatic heterocycles. The number of ether oxygens (including phenoxy) is 2. The normalized spacial score (nSPS) is 25.8. The van der Waals surface area contributed by atoms with Gasteiger partial charge >= 0.3 is 5.69 Å². The van der Waals surface area contributed by atoms with Crippen LogP contribution in [0.5, 0.6) is 5.75 Å². The molecule has 2 N–H and O–H groups in total. The van der Waals surface area contributed by atoms with E-state index in [4.69, 9.17) is 15.2 Å². The largest absolute Gasteiger partial charge is 0.484 e. The summed E-state index contributed by atoms with van der Waals surface area (Å²) in [4.78, 5) is 9.44. The van der Waals surface area contributed by atoms with Gasteiger partial charge in [0.05, 0.1) is 11.0 Å². The van der Waals surface area contributed by atoms with E-state index >= 15 is 0 Å². The maximum Gasteiger partial charge on any atom is 0.307 e. The van der Waals surface area contributed by atoms with E-state index in [-0.39, 0.29) is 11.8 Å². The minimum absolute atomic E-state index is 0.221. The number of hydrogen-bond acceptors (Lipinski definition) is 5. The van der Waals surface area contributed by atoms with Crippen molar-refractivity contribution in [3.63, 3.8) is 0 Å². The van der Waals surface area contributed by atoms with Gasteiger partial charge in [-0.1, -0.05) is 0 Å². The van der Waals surface area contributed by atoms with Crippen molar-refractivity contribution in [3.8, 4) is 5.75 Å². The maximum atomic E-state index is 13.6. The van der Waals surface area contributed by atoms with Crippen LogP contribution < -0.4 is 10.5 Å². The molecule has 8 heteroatoms. The van der Waals surface area contributed by atoms with Gasteiger partial charge in [0.1, 0.15) is 12.2 Å². The summed E-state index contributed by atoms with van der Waals surface area (Å²) in [5.41, 5.74) is 4.71. The van der Waals surface area contributed by atoms with E-state index in [1.807, 2.05) is 0 Å². The first-order chi connectivity index (χ1) is 8.93. The lowest BCUT2D eigenvalue weighted by Crippen LogP contribution is -2.59. The van der Waals surface area contributed by atoms with Crippen LogP contribution in [0.4, 0.5) is 14.5 Å². The SMILES string of the molecule is COC1C(N)CC1Oc1cc(F)c([N+](=O)[O-])cc1F. The van der Waals surface area contributed by atoms with E-state index in [9.17, 15) is 18.9 Å². The molecule has 0 bridgehead atoms. The van der Waals surface area contributed by atoms with E-state index in [2.05, 4.69) is 0 Å². The van der Waals surface area contributed by atoms with Crippen molar-refractivity contribution in [3.05, 3.63) is 33.9 Å². The van der Waals surface area contributed by atoms with E-state index < -0.39 is 34.5 Å². The Hall–Kier alpha value is -1.80. The van der Waals surface area contributed by atoms with E-state index in [0.29, 0.717) is 18.6 Å². The number of methoxy groups -OCH3 is 1.